The van der Waals surface area contributed by atoms with Crippen molar-refractivity contribution in [3.8, 4) is 5.75 Å². The molecule has 140 valence electrons. The third-order valence-electron chi connectivity index (χ3n) is 3.40. The second-order valence-electron chi connectivity index (χ2n) is 5.11. The molecule has 0 atom stereocenters. The predicted octanol–water partition coefficient (Wildman–Crippen LogP) is 1.53. The number of nitrogens with zero attached hydrogens (tertiary/aromatic N) is 2. The Bertz CT molecular complexity index is 716. The smallest absolute Gasteiger partial charge is 0.312 e. The van der Waals surface area contributed by atoms with Gasteiger partial charge in [-0.15, -0.1) is 0 Å². The van der Waals surface area contributed by atoms with Crippen LogP contribution in [0.1, 0.15) is 27.2 Å². The molecule has 0 spiro atoms. The third-order valence-corrected chi connectivity index (χ3v) is 5.45. The van der Waals surface area contributed by atoms with Crippen LogP contribution >= 0.6 is 0 Å². The summed E-state index contributed by atoms with van der Waals surface area (Å²) in [6.45, 7) is 5.85. The van der Waals surface area contributed by atoms with Crippen LogP contribution in [0.3, 0.4) is 0 Å². The first kappa shape index (κ1) is 20.8. The molecular formula is C15H23N3O6S. The molecule has 1 amide bonds. The molecule has 0 bridgehead atoms. The van der Waals surface area contributed by atoms with Crippen LogP contribution in [-0.2, 0) is 14.8 Å². The maximum Gasteiger partial charge on any atom is 0.312 e. The van der Waals surface area contributed by atoms with Gasteiger partial charge in [-0.25, -0.2) is 8.42 Å². The van der Waals surface area contributed by atoms with Crippen LogP contribution in [0.25, 0.3) is 0 Å². The Morgan fingerprint density at radius 1 is 1.28 bits per heavy atom. The van der Waals surface area contributed by atoms with E-state index >= 15 is 0 Å². The van der Waals surface area contributed by atoms with Crippen molar-refractivity contribution in [2.75, 3.05) is 26.2 Å². The van der Waals surface area contributed by atoms with Crippen molar-refractivity contribution in [1.82, 2.24) is 9.62 Å². The van der Waals surface area contributed by atoms with Gasteiger partial charge in [0.15, 0.2) is 12.4 Å². The molecule has 0 aliphatic heterocycles. The summed E-state index contributed by atoms with van der Waals surface area (Å²) in [6.07, 6.45) is 0.754. The summed E-state index contributed by atoms with van der Waals surface area (Å²) in [7, 11) is -3.82. The van der Waals surface area contributed by atoms with Crippen LogP contribution in [-0.4, -0.2) is 49.8 Å². The zero-order valence-corrected chi connectivity index (χ0v) is 15.3. The average Bonchev–Trinajstić information content (AvgIpc) is 2.58. The lowest BCUT2D eigenvalue weighted by Gasteiger charge is -2.18. The molecule has 9 nitrogen and oxygen atoms in total. The normalized spacial score (nSPS) is 11.4. The van der Waals surface area contributed by atoms with E-state index in [-0.39, 0.29) is 30.3 Å². The first-order valence-electron chi connectivity index (χ1n) is 7.95. The van der Waals surface area contributed by atoms with E-state index in [1.165, 1.54) is 16.4 Å². The molecule has 0 saturated heterocycles. The fourth-order valence-corrected chi connectivity index (χ4v) is 3.57. The van der Waals surface area contributed by atoms with E-state index in [0.29, 0.717) is 6.54 Å². The number of nitro benzene ring substituents is 1. The Balaban J connectivity index is 3.08. The summed E-state index contributed by atoms with van der Waals surface area (Å²) in [5.74, 6) is -0.564. The highest BCUT2D eigenvalue weighted by atomic mass is 32.2. The summed E-state index contributed by atoms with van der Waals surface area (Å²) in [5, 5.41) is 13.8. The summed E-state index contributed by atoms with van der Waals surface area (Å²) in [5.41, 5.74) is -0.503. The van der Waals surface area contributed by atoms with Crippen molar-refractivity contribution in [2.45, 2.75) is 32.1 Å². The molecule has 0 aliphatic carbocycles. The molecule has 0 aliphatic rings. The highest BCUT2D eigenvalue weighted by Crippen LogP contribution is 2.30. The largest absolute Gasteiger partial charge is 0.477 e. The van der Waals surface area contributed by atoms with Gasteiger partial charge < -0.3 is 10.1 Å². The van der Waals surface area contributed by atoms with Crippen LogP contribution in [0, 0.1) is 10.1 Å². The lowest BCUT2D eigenvalue weighted by Crippen LogP contribution is -2.30. The van der Waals surface area contributed by atoms with Gasteiger partial charge in [-0.3, -0.25) is 14.9 Å². The van der Waals surface area contributed by atoms with Gasteiger partial charge in [0.05, 0.1) is 9.82 Å². The van der Waals surface area contributed by atoms with Gasteiger partial charge in [0.25, 0.3) is 5.91 Å². The number of ether oxygens (including phenoxy) is 1. The number of carbonyl (C=O) groups excluding carboxylic acids is 1. The zero-order valence-electron chi connectivity index (χ0n) is 14.5. The second-order valence-corrected chi connectivity index (χ2v) is 7.05. The quantitative estimate of drug-likeness (QED) is 0.491. The SMILES string of the molecule is CCCNC(=O)COc1ccc(S(=O)(=O)N(CC)CC)cc1[N+](=O)[O-]. The Labute approximate surface area is 147 Å². The van der Waals surface area contributed by atoms with E-state index in [1.54, 1.807) is 13.8 Å². The number of nitrogens with one attached hydrogen (secondary N) is 1. The molecule has 0 radical (unpaired) electrons. The Kier molecular flexibility index (Phi) is 7.78. The predicted molar refractivity (Wildman–Crippen MR) is 92.0 cm³/mol. The molecule has 1 rings (SSSR count). The third kappa shape index (κ3) is 5.40. The van der Waals surface area contributed by atoms with Gasteiger partial charge in [0, 0.05) is 25.7 Å². The number of rotatable bonds is 10. The lowest BCUT2D eigenvalue weighted by atomic mass is 10.3. The van der Waals surface area contributed by atoms with Gasteiger partial charge in [-0.2, -0.15) is 4.31 Å². The van der Waals surface area contributed by atoms with Crippen molar-refractivity contribution in [3.05, 3.63) is 28.3 Å². The molecule has 0 saturated carbocycles. The topological polar surface area (TPSA) is 119 Å². The number of hydrogen-bond donors (Lipinski definition) is 1. The van der Waals surface area contributed by atoms with E-state index in [2.05, 4.69) is 5.32 Å². The van der Waals surface area contributed by atoms with E-state index in [0.717, 1.165) is 12.5 Å². The average molecular weight is 373 g/mol. The second kappa shape index (κ2) is 9.33. The molecule has 0 heterocycles. The van der Waals surface area contributed by atoms with Gasteiger partial charge in [0.1, 0.15) is 0 Å². The minimum Gasteiger partial charge on any atom is -0.477 e. The van der Waals surface area contributed by atoms with Crippen LogP contribution in [0.5, 0.6) is 5.75 Å². The molecule has 0 fully saturated rings. The van der Waals surface area contributed by atoms with Gasteiger partial charge in [-0.1, -0.05) is 20.8 Å². The molecule has 1 N–H and O–H groups in total. The standard InChI is InChI=1S/C15H23N3O6S/c1-4-9-16-15(19)11-24-14-8-7-12(10-13(14)18(20)21)25(22,23)17(5-2)6-3/h7-8,10H,4-6,9,11H2,1-3H3,(H,16,19). The first-order valence-corrected chi connectivity index (χ1v) is 9.39. The van der Waals surface area contributed by atoms with Crippen LogP contribution in [0.15, 0.2) is 23.1 Å². The van der Waals surface area contributed by atoms with E-state index in [1.807, 2.05) is 6.92 Å². The van der Waals surface area contributed by atoms with Crippen LogP contribution in [0.2, 0.25) is 0 Å². The van der Waals surface area contributed by atoms with E-state index < -0.39 is 26.5 Å². The molecule has 25 heavy (non-hydrogen) atoms. The number of sulfonamides is 1. The van der Waals surface area contributed by atoms with E-state index in [4.69, 9.17) is 4.74 Å². The molecule has 1 aromatic rings. The first-order chi connectivity index (χ1) is 11.8. The molecular weight excluding hydrogens is 350 g/mol. The minimum absolute atomic E-state index is 0.157. The lowest BCUT2D eigenvalue weighted by molar-refractivity contribution is -0.386. The highest BCUT2D eigenvalue weighted by Gasteiger charge is 2.26. The van der Waals surface area contributed by atoms with Gasteiger partial charge in [0.2, 0.25) is 10.0 Å². The number of benzene rings is 1. The molecule has 0 aromatic heterocycles. The number of carbonyl (C=O) groups is 1. The van der Waals surface area contributed by atoms with Gasteiger partial charge in [-0.05, 0) is 18.6 Å². The highest BCUT2D eigenvalue weighted by molar-refractivity contribution is 7.89. The Hall–Kier alpha value is -2.20. The van der Waals surface area contributed by atoms with Crippen molar-refractivity contribution < 1.29 is 22.9 Å². The maximum absolute atomic E-state index is 12.5. The van der Waals surface area contributed by atoms with Crippen molar-refractivity contribution in [3.63, 3.8) is 0 Å². The Morgan fingerprint density at radius 2 is 1.92 bits per heavy atom. The molecule has 1 aromatic carbocycles. The van der Waals surface area contributed by atoms with Crippen molar-refractivity contribution >= 4 is 21.6 Å². The summed E-state index contributed by atoms with van der Waals surface area (Å²) in [4.78, 5) is 21.9. The monoisotopic (exact) mass is 373 g/mol. The van der Waals surface area contributed by atoms with Crippen molar-refractivity contribution in [1.29, 1.82) is 0 Å². The van der Waals surface area contributed by atoms with E-state index in [9.17, 15) is 23.3 Å². The molecule has 0 unspecified atom stereocenters. The summed E-state index contributed by atoms with van der Waals surface area (Å²) < 4.78 is 31.3. The van der Waals surface area contributed by atoms with Crippen molar-refractivity contribution in [2.24, 2.45) is 0 Å². The Morgan fingerprint density at radius 3 is 2.44 bits per heavy atom. The van der Waals surface area contributed by atoms with Crippen LogP contribution < -0.4 is 10.1 Å². The van der Waals surface area contributed by atoms with Crippen LogP contribution in [0.4, 0.5) is 5.69 Å². The fourth-order valence-electron chi connectivity index (χ4n) is 2.09. The number of amides is 1. The number of hydrogen-bond acceptors (Lipinski definition) is 6. The summed E-state index contributed by atoms with van der Waals surface area (Å²) >= 11 is 0. The minimum atomic E-state index is -3.82. The summed E-state index contributed by atoms with van der Waals surface area (Å²) in [6, 6.07) is 3.38. The maximum atomic E-state index is 12.5. The molecule has 10 heteroatoms. The zero-order chi connectivity index (χ0) is 19.0. The number of nitro groups is 1. The fraction of sp³-hybridized carbons (Fsp3) is 0.533. The van der Waals surface area contributed by atoms with Gasteiger partial charge >= 0.3 is 5.69 Å².